The van der Waals surface area contributed by atoms with E-state index in [2.05, 4.69) is 17.1 Å². The highest BCUT2D eigenvalue weighted by molar-refractivity contribution is 7.99. The van der Waals surface area contributed by atoms with Gasteiger partial charge in [0.1, 0.15) is 5.54 Å². The number of hydrogen-bond acceptors (Lipinski definition) is 3. The van der Waals surface area contributed by atoms with Gasteiger partial charge in [0.25, 0.3) is 0 Å². The smallest absolute Gasteiger partial charge is 0.238 e. The molecule has 2 unspecified atom stereocenters. The van der Waals surface area contributed by atoms with Gasteiger partial charge in [0.15, 0.2) is 0 Å². The minimum atomic E-state index is -0.378. The van der Waals surface area contributed by atoms with Crippen molar-refractivity contribution in [3.8, 4) is 0 Å². The molecule has 0 saturated heterocycles. The van der Waals surface area contributed by atoms with E-state index >= 15 is 0 Å². The van der Waals surface area contributed by atoms with Crippen LogP contribution in [0.15, 0.2) is 0 Å². The molecule has 0 aromatic heterocycles. The van der Waals surface area contributed by atoms with E-state index in [0.717, 1.165) is 24.5 Å². The number of carbonyl (C=O) groups excluding carboxylic acids is 1. The Morgan fingerprint density at radius 1 is 1.15 bits per heavy atom. The lowest BCUT2D eigenvalue weighted by molar-refractivity contribution is -0.126. The second kappa shape index (κ2) is 6.27. The Morgan fingerprint density at radius 3 is 2.55 bits per heavy atom. The van der Waals surface area contributed by atoms with Gasteiger partial charge in [-0.15, -0.1) is 0 Å². The van der Waals surface area contributed by atoms with Crippen LogP contribution in [0.5, 0.6) is 0 Å². The van der Waals surface area contributed by atoms with E-state index in [1.165, 1.54) is 50.7 Å². The molecular weight excluding hydrogens is 268 g/mol. The number of amides is 1. The number of nitrogens with two attached hydrogens (primary N) is 1. The van der Waals surface area contributed by atoms with Crippen molar-refractivity contribution in [2.24, 2.45) is 11.7 Å². The van der Waals surface area contributed by atoms with E-state index in [1.807, 2.05) is 0 Å². The summed E-state index contributed by atoms with van der Waals surface area (Å²) in [5.74, 6) is 1.57. The van der Waals surface area contributed by atoms with Crippen LogP contribution < -0.4 is 11.1 Å². The molecule has 0 aromatic rings. The third kappa shape index (κ3) is 3.16. The van der Waals surface area contributed by atoms with E-state index in [4.69, 9.17) is 5.73 Å². The van der Waals surface area contributed by atoms with Gasteiger partial charge < -0.3 is 11.1 Å². The van der Waals surface area contributed by atoms with E-state index in [9.17, 15) is 4.79 Å². The van der Waals surface area contributed by atoms with Crippen molar-refractivity contribution in [1.82, 2.24) is 5.32 Å². The van der Waals surface area contributed by atoms with Crippen molar-refractivity contribution < 1.29 is 4.79 Å². The molecule has 0 radical (unpaired) electrons. The van der Waals surface area contributed by atoms with Crippen LogP contribution in [-0.2, 0) is 4.79 Å². The normalized spacial score (nSPS) is 34.7. The number of carbonyl (C=O) groups is 1. The highest BCUT2D eigenvalue weighted by Crippen LogP contribution is 2.41. The van der Waals surface area contributed by atoms with E-state index in [0.29, 0.717) is 12.0 Å². The van der Waals surface area contributed by atoms with Crippen molar-refractivity contribution in [1.29, 1.82) is 0 Å². The Hall–Kier alpha value is -0.220. The summed E-state index contributed by atoms with van der Waals surface area (Å²) >= 11 is 2.14. The molecule has 0 heterocycles. The lowest BCUT2D eigenvalue weighted by atomic mass is 9.84. The quantitative estimate of drug-likeness (QED) is 0.759. The fraction of sp³-hybridized carbons (Fsp3) is 0.938. The first kappa shape index (κ1) is 14.7. The first-order valence-electron chi connectivity index (χ1n) is 8.40. The maximum atomic E-state index is 12.1. The summed E-state index contributed by atoms with van der Waals surface area (Å²) in [6.07, 6.45) is 12.5. The van der Waals surface area contributed by atoms with E-state index < -0.39 is 0 Å². The fourth-order valence-electron chi connectivity index (χ4n) is 4.08. The van der Waals surface area contributed by atoms with Gasteiger partial charge in [0.05, 0.1) is 0 Å². The van der Waals surface area contributed by atoms with E-state index in [1.54, 1.807) is 0 Å². The minimum absolute atomic E-state index is 0.0993. The molecule has 3 nitrogen and oxygen atoms in total. The predicted octanol–water partition coefficient (Wildman–Crippen LogP) is 2.83. The summed E-state index contributed by atoms with van der Waals surface area (Å²) in [6.45, 7) is 0. The van der Waals surface area contributed by atoms with Gasteiger partial charge in [-0.25, -0.2) is 0 Å². The van der Waals surface area contributed by atoms with Crippen LogP contribution in [0.3, 0.4) is 0 Å². The Labute approximate surface area is 126 Å². The third-order valence-electron chi connectivity index (χ3n) is 5.42. The van der Waals surface area contributed by atoms with Crippen molar-refractivity contribution in [2.75, 3.05) is 5.75 Å². The van der Waals surface area contributed by atoms with Gasteiger partial charge in [-0.1, -0.05) is 19.3 Å². The van der Waals surface area contributed by atoms with Crippen molar-refractivity contribution in [3.05, 3.63) is 0 Å². The zero-order valence-electron chi connectivity index (χ0n) is 12.4. The van der Waals surface area contributed by atoms with Crippen LogP contribution in [-0.4, -0.2) is 28.5 Å². The highest BCUT2D eigenvalue weighted by atomic mass is 32.2. The zero-order valence-corrected chi connectivity index (χ0v) is 13.2. The largest absolute Gasteiger partial charge is 0.368 e. The standard InChI is InChI=1S/C16H28N2OS/c17-15(19)16(18-13-7-8-13)10-3-4-12(16)9-11-20-14-5-1-2-6-14/h12-14,18H,1-11H2,(H2,17,19). The Bertz CT molecular complexity index is 352. The molecule has 1 amide bonds. The van der Waals surface area contributed by atoms with Crippen LogP contribution in [0.2, 0.25) is 0 Å². The highest BCUT2D eigenvalue weighted by Gasteiger charge is 2.49. The molecule has 4 heteroatoms. The van der Waals surface area contributed by atoms with Gasteiger partial charge in [-0.05, 0) is 56.6 Å². The van der Waals surface area contributed by atoms with E-state index in [-0.39, 0.29) is 11.4 Å². The first-order valence-corrected chi connectivity index (χ1v) is 9.45. The maximum Gasteiger partial charge on any atom is 0.238 e. The Kier molecular flexibility index (Phi) is 4.61. The average molecular weight is 296 g/mol. The summed E-state index contributed by atoms with van der Waals surface area (Å²) in [6, 6.07) is 0.561. The van der Waals surface area contributed by atoms with Crippen molar-refractivity contribution in [3.63, 3.8) is 0 Å². The molecule has 3 aliphatic carbocycles. The van der Waals surface area contributed by atoms with Crippen LogP contribution in [0, 0.1) is 5.92 Å². The lowest BCUT2D eigenvalue weighted by Crippen LogP contribution is -2.58. The topological polar surface area (TPSA) is 55.1 Å². The maximum absolute atomic E-state index is 12.1. The summed E-state index contributed by atoms with van der Waals surface area (Å²) in [5, 5.41) is 4.50. The average Bonchev–Trinajstić information content (AvgIpc) is 2.91. The molecule has 3 fully saturated rings. The molecule has 2 atom stereocenters. The minimum Gasteiger partial charge on any atom is -0.368 e. The number of rotatable bonds is 7. The molecule has 3 aliphatic rings. The molecular formula is C16H28N2OS. The number of primary amides is 1. The van der Waals surface area contributed by atoms with Crippen LogP contribution in [0.1, 0.15) is 64.2 Å². The fourth-order valence-corrected chi connectivity index (χ4v) is 5.50. The van der Waals surface area contributed by atoms with Crippen LogP contribution in [0.25, 0.3) is 0 Å². The Balaban J connectivity index is 1.53. The van der Waals surface area contributed by atoms with Crippen LogP contribution in [0.4, 0.5) is 0 Å². The first-order chi connectivity index (χ1) is 9.71. The predicted molar refractivity (Wildman–Crippen MR) is 84.8 cm³/mol. The SMILES string of the molecule is NC(=O)C1(NC2CC2)CCCC1CCSC1CCCC1. The van der Waals surface area contributed by atoms with Gasteiger partial charge in [-0.3, -0.25) is 4.79 Å². The molecule has 3 saturated carbocycles. The molecule has 0 spiro atoms. The molecule has 3 rings (SSSR count). The molecule has 114 valence electrons. The molecule has 3 N–H and O–H groups in total. The number of nitrogens with one attached hydrogen (secondary N) is 1. The zero-order chi connectivity index (χ0) is 14.0. The van der Waals surface area contributed by atoms with Crippen LogP contribution >= 0.6 is 11.8 Å². The monoisotopic (exact) mass is 296 g/mol. The molecule has 20 heavy (non-hydrogen) atoms. The second-order valence-electron chi connectivity index (χ2n) is 6.91. The molecule has 0 bridgehead atoms. The molecule has 0 aromatic carbocycles. The third-order valence-corrected chi connectivity index (χ3v) is 6.84. The Morgan fingerprint density at radius 2 is 1.90 bits per heavy atom. The van der Waals surface area contributed by atoms with Crippen molar-refractivity contribution in [2.45, 2.75) is 81.0 Å². The number of thioether (sulfide) groups is 1. The van der Waals surface area contributed by atoms with Gasteiger partial charge >= 0.3 is 0 Å². The second-order valence-corrected chi connectivity index (χ2v) is 8.32. The summed E-state index contributed by atoms with van der Waals surface area (Å²) in [7, 11) is 0. The lowest BCUT2D eigenvalue weighted by Gasteiger charge is -2.34. The van der Waals surface area contributed by atoms with Gasteiger partial charge in [0, 0.05) is 11.3 Å². The number of hydrogen-bond donors (Lipinski definition) is 2. The summed E-state index contributed by atoms with van der Waals surface area (Å²) in [4.78, 5) is 12.1. The molecule has 0 aliphatic heterocycles. The van der Waals surface area contributed by atoms with Gasteiger partial charge in [0.2, 0.25) is 5.91 Å². The summed E-state index contributed by atoms with van der Waals surface area (Å²) in [5.41, 5.74) is 5.41. The van der Waals surface area contributed by atoms with Crippen molar-refractivity contribution >= 4 is 17.7 Å². The van der Waals surface area contributed by atoms with Gasteiger partial charge in [-0.2, -0.15) is 11.8 Å². The summed E-state index contributed by atoms with van der Waals surface area (Å²) < 4.78 is 0.